The first-order chi connectivity index (χ1) is 10.7. The van der Waals surface area contributed by atoms with Crippen LogP contribution in [0.2, 0.25) is 5.02 Å². The zero-order valence-electron chi connectivity index (χ0n) is 12.9. The van der Waals surface area contributed by atoms with Crippen LogP contribution in [0.15, 0.2) is 47.6 Å². The summed E-state index contributed by atoms with van der Waals surface area (Å²) in [6.07, 6.45) is 2.72. The van der Waals surface area contributed by atoms with Crippen molar-refractivity contribution in [3.8, 4) is 0 Å². The third-order valence-corrected chi connectivity index (χ3v) is 3.64. The second-order valence-corrected chi connectivity index (χ2v) is 5.43. The van der Waals surface area contributed by atoms with E-state index in [0.717, 1.165) is 29.6 Å². The maximum Gasteiger partial charge on any atom is 0.191 e. The molecule has 2 N–H and O–H groups in total. The molecule has 0 atom stereocenters. The number of hydrogen-bond donors (Lipinski definition) is 2. The Morgan fingerprint density at radius 2 is 1.95 bits per heavy atom. The zero-order chi connectivity index (χ0) is 15.8. The number of aryl methyl sites for hydroxylation is 1. The van der Waals surface area contributed by atoms with Gasteiger partial charge in [-0.05, 0) is 42.7 Å². The topological polar surface area (TPSA) is 49.3 Å². The minimum atomic E-state index is 0.660. The van der Waals surface area contributed by atoms with Crippen LogP contribution in [0.4, 0.5) is 0 Å². The summed E-state index contributed by atoms with van der Waals surface area (Å²) in [5.41, 5.74) is 3.45. The monoisotopic (exact) mass is 316 g/mol. The van der Waals surface area contributed by atoms with Crippen LogP contribution >= 0.6 is 11.6 Å². The van der Waals surface area contributed by atoms with Crippen LogP contribution in [0.3, 0.4) is 0 Å². The lowest BCUT2D eigenvalue weighted by molar-refractivity contribution is 0.780. The standard InChI is InChI=1S/C17H21ClN4/c1-13-4-3-10-20-16(13)12-22-17(19-2)21-11-9-14-5-7-15(18)8-6-14/h3-8,10H,9,11-12H2,1-2H3,(H2,19,21,22). The van der Waals surface area contributed by atoms with Gasteiger partial charge >= 0.3 is 0 Å². The number of nitrogens with one attached hydrogen (secondary N) is 2. The largest absolute Gasteiger partial charge is 0.356 e. The van der Waals surface area contributed by atoms with Crippen LogP contribution < -0.4 is 10.6 Å². The number of pyridine rings is 1. The molecule has 2 rings (SSSR count). The van der Waals surface area contributed by atoms with Gasteiger partial charge in [0.05, 0.1) is 12.2 Å². The highest BCUT2D eigenvalue weighted by atomic mass is 35.5. The SMILES string of the molecule is CN=C(NCCc1ccc(Cl)cc1)NCc1ncccc1C. The normalized spacial score (nSPS) is 11.3. The number of guanidine groups is 1. The molecule has 0 amide bonds. The van der Waals surface area contributed by atoms with Gasteiger partial charge in [0.15, 0.2) is 5.96 Å². The van der Waals surface area contributed by atoms with Crippen molar-refractivity contribution in [1.29, 1.82) is 0 Å². The van der Waals surface area contributed by atoms with E-state index in [0.29, 0.717) is 6.54 Å². The van der Waals surface area contributed by atoms with Gasteiger partial charge in [-0.3, -0.25) is 9.98 Å². The first-order valence-electron chi connectivity index (χ1n) is 7.28. The van der Waals surface area contributed by atoms with Crippen molar-refractivity contribution < 1.29 is 0 Å². The number of aliphatic imine (C=N–C) groups is 1. The Labute approximate surface area is 136 Å². The summed E-state index contributed by atoms with van der Waals surface area (Å²) in [4.78, 5) is 8.59. The summed E-state index contributed by atoms with van der Waals surface area (Å²) in [6, 6.07) is 11.9. The Balaban J connectivity index is 1.78. The van der Waals surface area contributed by atoms with Crippen LogP contribution in [0.1, 0.15) is 16.8 Å². The third-order valence-electron chi connectivity index (χ3n) is 3.38. The van der Waals surface area contributed by atoms with E-state index in [9.17, 15) is 0 Å². The molecule has 0 aliphatic rings. The molecule has 1 aromatic carbocycles. The highest BCUT2D eigenvalue weighted by Gasteiger charge is 2.01. The lowest BCUT2D eigenvalue weighted by Gasteiger charge is -2.12. The predicted molar refractivity (Wildman–Crippen MR) is 92.3 cm³/mol. The second-order valence-electron chi connectivity index (χ2n) is 5.00. The summed E-state index contributed by atoms with van der Waals surface area (Å²) >= 11 is 5.88. The molecule has 0 radical (unpaired) electrons. The van der Waals surface area contributed by atoms with Gasteiger partial charge in [-0.15, -0.1) is 0 Å². The first-order valence-corrected chi connectivity index (χ1v) is 7.66. The van der Waals surface area contributed by atoms with E-state index in [1.165, 1.54) is 11.1 Å². The lowest BCUT2D eigenvalue weighted by atomic mass is 10.1. The summed E-state index contributed by atoms with van der Waals surface area (Å²) in [5, 5.41) is 7.34. The van der Waals surface area contributed by atoms with Crippen LogP contribution in [0.5, 0.6) is 0 Å². The minimum absolute atomic E-state index is 0.660. The first kappa shape index (κ1) is 16.3. The smallest absolute Gasteiger partial charge is 0.191 e. The van der Waals surface area contributed by atoms with Gasteiger partial charge in [0.25, 0.3) is 0 Å². The summed E-state index contributed by atoms with van der Waals surface area (Å²) in [6.45, 7) is 3.52. The van der Waals surface area contributed by atoms with E-state index in [1.54, 1.807) is 13.2 Å². The molecule has 5 heteroatoms. The summed E-state index contributed by atoms with van der Waals surface area (Å²) in [7, 11) is 1.77. The van der Waals surface area contributed by atoms with E-state index in [1.807, 2.05) is 30.3 Å². The van der Waals surface area contributed by atoms with E-state index < -0.39 is 0 Å². The van der Waals surface area contributed by atoms with Gasteiger partial charge in [0.1, 0.15) is 0 Å². The molecule has 0 saturated carbocycles. The van der Waals surface area contributed by atoms with Crippen LogP contribution in [0, 0.1) is 6.92 Å². The predicted octanol–water partition coefficient (Wildman–Crippen LogP) is 2.95. The fourth-order valence-electron chi connectivity index (χ4n) is 2.07. The maximum atomic E-state index is 5.88. The highest BCUT2D eigenvalue weighted by molar-refractivity contribution is 6.30. The molecule has 0 spiro atoms. The Kier molecular flexibility index (Phi) is 6.22. The molecule has 0 unspecified atom stereocenters. The molecular formula is C17H21ClN4. The van der Waals surface area contributed by atoms with Crippen molar-refractivity contribution in [3.63, 3.8) is 0 Å². The number of aromatic nitrogens is 1. The van der Waals surface area contributed by atoms with Crippen molar-refractivity contribution in [2.75, 3.05) is 13.6 Å². The van der Waals surface area contributed by atoms with Crippen molar-refractivity contribution >= 4 is 17.6 Å². The van der Waals surface area contributed by atoms with E-state index in [2.05, 4.69) is 33.6 Å². The fraction of sp³-hybridized carbons (Fsp3) is 0.294. The molecule has 1 heterocycles. The van der Waals surface area contributed by atoms with Gasteiger partial charge in [0, 0.05) is 24.8 Å². The molecule has 0 bridgehead atoms. The van der Waals surface area contributed by atoms with E-state index in [4.69, 9.17) is 11.6 Å². The van der Waals surface area contributed by atoms with E-state index in [-0.39, 0.29) is 0 Å². The number of halogens is 1. The molecule has 1 aromatic heterocycles. The Morgan fingerprint density at radius 3 is 2.64 bits per heavy atom. The number of nitrogens with zero attached hydrogens (tertiary/aromatic N) is 2. The average molecular weight is 317 g/mol. The Morgan fingerprint density at radius 1 is 1.18 bits per heavy atom. The summed E-state index contributed by atoms with van der Waals surface area (Å²) in [5.74, 6) is 0.777. The summed E-state index contributed by atoms with van der Waals surface area (Å²) < 4.78 is 0. The lowest BCUT2D eigenvalue weighted by Crippen LogP contribution is -2.38. The molecule has 0 saturated heterocycles. The molecule has 0 aliphatic carbocycles. The third kappa shape index (κ3) is 5.04. The van der Waals surface area contributed by atoms with Gasteiger partial charge in [-0.25, -0.2) is 0 Å². The Hall–Kier alpha value is -2.07. The van der Waals surface area contributed by atoms with Gasteiger partial charge in [-0.1, -0.05) is 29.8 Å². The zero-order valence-corrected chi connectivity index (χ0v) is 13.7. The van der Waals surface area contributed by atoms with Gasteiger partial charge in [-0.2, -0.15) is 0 Å². The number of hydrogen-bond acceptors (Lipinski definition) is 2. The molecular weight excluding hydrogens is 296 g/mol. The highest BCUT2D eigenvalue weighted by Crippen LogP contribution is 2.09. The molecule has 0 aliphatic heterocycles. The van der Waals surface area contributed by atoms with Crippen LogP contribution in [0.25, 0.3) is 0 Å². The Bertz CT molecular complexity index is 623. The van der Waals surface area contributed by atoms with Crippen molar-refractivity contribution in [3.05, 3.63) is 64.4 Å². The van der Waals surface area contributed by atoms with Crippen molar-refractivity contribution in [1.82, 2.24) is 15.6 Å². The minimum Gasteiger partial charge on any atom is -0.356 e. The van der Waals surface area contributed by atoms with Gasteiger partial charge in [0.2, 0.25) is 0 Å². The van der Waals surface area contributed by atoms with Crippen LogP contribution in [-0.2, 0) is 13.0 Å². The fourth-order valence-corrected chi connectivity index (χ4v) is 2.19. The maximum absolute atomic E-state index is 5.88. The van der Waals surface area contributed by atoms with Crippen molar-refractivity contribution in [2.24, 2.45) is 4.99 Å². The number of rotatable bonds is 5. The quantitative estimate of drug-likeness (QED) is 0.658. The van der Waals surface area contributed by atoms with Gasteiger partial charge < -0.3 is 10.6 Å². The second kappa shape index (κ2) is 8.39. The van der Waals surface area contributed by atoms with Crippen molar-refractivity contribution in [2.45, 2.75) is 19.9 Å². The molecule has 2 aromatic rings. The molecule has 0 fully saturated rings. The molecule has 4 nitrogen and oxygen atoms in total. The molecule has 22 heavy (non-hydrogen) atoms. The molecule has 116 valence electrons. The van der Waals surface area contributed by atoms with E-state index >= 15 is 0 Å². The van der Waals surface area contributed by atoms with Crippen LogP contribution in [-0.4, -0.2) is 24.5 Å². The number of benzene rings is 1. The average Bonchev–Trinajstić information content (AvgIpc) is 2.54.